The number of nitrogens with one attached hydrogen (secondary N) is 1. The summed E-state index contributed by atoms with van der Waals surface area (Å²) in [6.45, 7) is 0.602. The van der Waals surface area contributed by atoms with Crippen LogP contribution in [0, 0.1) is 5.92 Å². The van der Waals surface area contributed by atoms with Crippen LogP contribution < -0.4 is 5.32 Å². The normalized spacial score (nSPS) is 35.5. The maximum atomic E-state index is 12.2. The lowest BCUT2D eigenvalue weighted by atomic mass is 9.92. The van der Waals surface area contributed by atoms with Gasteiger partial charge in [-0.3, -0.25) is 9.59 Å². The number of hydrogen-bond acceptors (Lipinski definition) is 3. The SMILES string of the molecule is O=C(NC1CCC(O)CC1)C1CC(=O)N(C2CC2)C1. The van der Waals surface area contributed by atoms with Gasteiger partial charge in [0.05, 0.1) is 12.0 Å². The molecule has 3 rings (SSSR count). The van der Waals surface area contributed by atoms with Crippen molar-refractivity contribution < 1.29 is 14.7 Å². The summed E-state index contributed by atoms with van der Waals surface area (Å²) in [6, 6.07) is 0.594. The monoisotopic (exact) mass is 266 g/mol. The Balaban J connectivity index is 1.49. The molecule has 2 aliphatic carbocycles. The fourth-order valence-electron chi connectivity index (χ4n) is 3.19. The molecule has 1 heterocycles. The molecule has 1 unspecified atom stereocenters. The smallest absolute Gasteiger partial charge is 0.225 e. The van der Waals surface area contributed by atoms with Crippen molar-refractivity contribution in [3.05, 3.63) is 0 Å². The van der Waals surface area contributed by atoms with Crippen LogP contribution >= 0.6 is 0 Å². The van der Waals surface area contributed by atoms with Crippen LogP contribution in [0.1, 0.15) is 44.9 Å². The molecule has 5 nitrogen and oxygen atoms in total. The van der Waals surface area contributed by atoms with Crippen molar-refractivity contribution in [2.24, 2.45) is 5.92 Å². The highest BCUT2D eigenvalue weighted by molar-refractivity contribution is 5.89. The van der Waals surface area contributed by atoms with Crippen molar-refractivity contribution >= 4 is 11.8 Å². The molecule has 0 spiro atoms. The van der Waals surface area contributed by atoms with Crippen LogP contribution in [0.4, 0.5) is 0 Å². The standard InChI is InChI=1S/C14H22N2O3/c17-12-5-1-10(2-6-12)15-14(19)9-7-13(18)16(8-9)11-3-4-11/h9-12,17H,1-8H2,(H,15,19). The molecule has 0 aromatic rings. The number of hydrogen-bond donors (Lipinski definition) is 2. The summed E-state index contributed by atoms with van der Waals surface area (Å²) in [5.74, 6) is -0.000411. The topological polar surface area (TPSA) is 69.6 Å². The second kappa shape index (κ2) is 5.12. The summed E-state index contributed by atoms with van der Waals surface area (Å²) < 4.78 is 0. The first kappa shape index (κ1) is 12.9. The number of carbonyl (C=O) groups excluding carboxylic acids is 2. The van der Waals surface area contributed by atoms with E-state index in [2.05, 4.69) is 5.32 Å². The number of carbonyl (C=O) groups is 2. The largest absolute Gasteiger partial charge is 0.393 e. The van der Waals surface area contributed by atoms with Gasteiger partial charge < -0.3 is 15.3 Å². The Bertz CT molecular complexity index is 373. The molecule has 1 saturated heterocycles. The minimum Gasteiger partial charge on any atom is -0.393 e. The molecular weight excluding hydrogens is 244 g/mol. The maximum absolute atomic E-state index is 12.2. The summed E-state index contributed by atoms with van der Waals surface area (Å²) in [5.41, 5.74) is 0. The van der Waals surface area contributed by atoms with E-state index >= 15 is 0 Å². The van der Waals surface area contributed by atoms with Crippen LogP contribution in [0.3, 0.4) is 0 Å². The zero-order valence-corrected chi connectivity index (χ0v) is 11.2. The molecule has 5 heteroatoms. The van der Waals surface area contributed by atoms with E-state index in [4.69, 9.17) is 0 Å². The molecule has 1 atom stereocenters. The van der Waals surface area contributed by atoms with E-state index < -0.39 is 0 Å². The number of aliphatic hydroxyl groups excluding tert-OH is 1. The first-order chi connectivity index (χ1) is 9.13. The fourth-order valence-corrected chi connectivity index (χ4v) is 3.19. The molecule has 2 amide bonds. The highest BCUT2D eigenvalue weighted by Gasteiger charge is 2.42. The Kier molecular flexibility index (Phi) is 3.48. The average Bonchev–Trinajstić information content (AvgIpc) is 3.15. The quantitative estimate of drug-likeness (QED) is 0.777. The minimum absolute atomic E-state index is 0.0258. The molecule has 0 bridgehead atoms. The molecule has 19 heavy (non-hydrogen) atoms. The molecular formula is C14H22N2O3. The van der Waals surface area contributed by atoms with E-state index in [1.807, 2.05) is 4.90 Å². The van der Waals surface area contributed by atoms with Gasteiger partial charge in [-0.05, 0) is 38.5 Å². The van der Waals surface area contributed by atoms with E-state index in [0.717, 1.165) is 38.5 Å². The zero-order chi connectivity index (χ0) is 13.4. The van der Waals surface area contributed by atoms with Crippen molar-refractivity contribution in [3.8, 4) is 0 Å². The van der Waals surface area contributed by atoms with Gasteiger partial charge in [-0.25, -0.2) is 0 Å². The van der Waals surface area contributed by atoms with Crippen LogP contribution in [-0.2, 0) is 9.59 Å². The minimum atomic E-state index is -0.202. The lowest BCUT2D eigenvalue weighted by molar-refractivity contribution is -0.129. The van der Waals surface area contributed by atoms with Crippen LogP contribution in [0.15, 0.2) is 0 Å². The summed E-state index contributed by atoms with van der Waals surface area (Å²) >= 11 is 0. The lowest BCUT2D eigenvalue weighted by Crippen LogP contribution is -2.42. The number of likely N-dealkylation sites (tertiary alicyclic amines) is 1. The Morgan fingerprint density at radius 1 is 1.16 bits per heavy atom. The molecule has 0 aromatic heterocycles. The highest BCUT2D eigenvalue weighted by atomic mass is 16.3. The van der Waals surface area contributed by atoms with Gasteiger partial charge in [0.25, 0.3) is 0 Å². The lowest BCUT2D eigenvalue weighted by Gasteiger charge is -2.27. The highest BCUT2D eigenvalue weighted by Crippen LogP contribution is 2.32. The van der Waals surface area contributed by atoms with E-state index in [9.17, 15) is 14.7 Å². The van der Waals surface area contributed by atoms with Gasteiger partial charge in [0.1, 0.15) is 0 Å². The van der Waals surface area contributed by atoms with Crippen molar-refractivity contribution in [1.29, 1.82) is 0 Å². The third kappa shape index (κ3) is 2.91. The Hall–Kier alpha value is -1.10. The Morgan fingerprint density at radius 2 is 1.84 bits per heavy atom. The van der Waals surface area contributed by atoms with Gasteiger partial charge in [-0.15, -0.1) is 0 Å². The third-order valence-electron chi connectivity index (χ3n) is 4.56. The molecule has 106 valence electrons. The summed E-state index contributed by atoms with van der Waals surface area (Å²) in [6.07, 6.45) is 5.59. The van der Waals surface area contributed by atoms with Crippen LogP contribution in [0.5, 0.6) is 0 Å². The predicted molar refractivity (Wildman–Crippen MR) is 69.2 cm³/mol. The van der Waals surface area contributed by atoms with Gasteiger partial charge >= 0.3 is 0 Å². The molecule has 1 aliphatic heterocycles. The first-order valence-corrected chi connectivity index (χ1v) is 7.41. The zero-order valence-electron chi connectivity index (χ0n) is 11.2. The van der Waals surface area contributed by atoms with E-state index in [1.54, 1.807) is 0 Å². The van der Waals surface area contributed by atoms with Crippen molar-refractivity contribution in [2.75, 3.05) is 6.54 Å². The molecule has 2 N–H and O–H groups in total. The molecule has 3 fully saturated rings. The van der Waals surface area contributed by atoms with E-state index in [-0.39, 0.29) is 29.9 Å². The molecule has 0 aromatic carbocycles. The van der Waals surface area contributed by atoms with E-state index in [1.165, 1.54) is 0 Å². The summed E-state index contributed by atoms with van der Waals surface area (Å²) in [4.78, 5) is 25.9. The molecule has 3 aliphatic rings. The van der Waals surface area contributed by atoms with Crippen molar-refractivity contribution in [1.82, 2.24) is 10.2 Å². The predicted octanol–water partition coefficient (Wildman–Crippen LogP) is 0.417. The van der Waals surface area contributed by atoms with Crippen LogP contribution in [0.25, 0.3) is 0 Å². The number of rotatable bonds is 3. The Labute approximate surface area is 113 Å². The van der Waals surface area contributed by atoms with Gasteiger partial charge in [-0.2, -0.15) is 0 Å². The Morgan fingerprint density at radius 3 is 2.47 bits per heavy atom. The third-order valence-corrected chi connectivity index (χ3v) is 4.56. The van der Waals surface area contributed by atoms with Gasteiger partial charge in [0.2, 0.25) is 11.8 Å². The first-order valence-electron chi connectivity index (χ1n) is 7.41. The maximum Gasteiger partial charge on any atom is 0.225 e. The van der Waals surface area contributed by atoms with Crippen LogP contribution in [0.2, 0.25) is 0 Å². The van der Waals surface area contributed by atoms with Crippen molar-refractivity contribution in [2.45, 2.75) is 63.1 Å². The second-order valence-electron chi connectivity index (χ2n) is 6.19. The number of amides is 2. The van der Waals surface area contributed by atoms with Gasteiger partial charge in [0, 0.05) is 25.0 Å². The molecule has 0 radical (unpaired) electrons. The van der Waals surface area contributed by atoms with Gasteiger partial charge in [-0.1, -0.05) is 0 Å². The summed E-state index contributed by atoms with van der Waals surface area (Å²) in [7, 11) is 0. The average molecular weight is 266 g/mol. The fraction of sp³-hybridized carbons (Fsp3) is 0.857. The van der Waals surface area contributed by atoms with Crippen molar-refractivity contribution in [3.63, 3.8) is 0 Å². The second-order valence-corrected chi connectivity index (χ2v) is 6.19. The number of aliphatic hydroxyl groups is 1. The molecule has 2 saturated carbocycles. The van der Waals surface area contributed by atoms with E-state index in [0.29, 0.717) is 19.0 Å². The number of nitrogens with zero attached hydrogens (tertiary/aromatic N) is 1. The summed E-state index contributed by atoms with van der Waals surface area (Å²) in [5, 5.41) is 12.5. The van der Waals surface area contributed by atoms with Crippen LogP contribution in [-0.4, -0.2) is 46.6 Å². The van der Waals surface area contributed by atoms with Gasteiger partial charge in [0.15, 0.2) is 0 Å².